The zero-order valence-corrected chi connectivity index (χ0v) is 12.7. The van der Waals surface area contributed by atoms with E-state index >= 15 is 0 Å². The van der Waals surface area contributed by atoms with Crippen LogP contribution in [0, 0.1) is 0 Å². The zero-order chi connectivity index (χ0) is 15.1. The molecule has 1 aromatic carbocycles. The molecule has 0 aromatic heterocycles. The number of benzene rings is 1. The number of sulfonamides is 1. The van der Waals surface area contributed by atoms with Crippen molar-refractivity contribution >= 4 is 15.9 Å². The molecule has 21 heavy (non-hydrogen) atoms. The van der Waals surface area contributed by atoms with Crippen LogP contribution in [0.3, 0.4) is 0 Å². The standard InChI is InChI=1S/C15H20N2O3S/c16-21(19,20)13-7-10-17(11-13)14(18)15(8-4-9-15)12-5-2-1-3-6-12/h1-3,5-6,13H,4,7-11H2,(H2,16,19,20). The zero-order valence-electron chi connectivity index (χ0n) is 11.9. The van der Waals surface area contributed by atoms with Gasteiger partial charge < -0.3 is 4.90 Å². The lowest BCUT2D eigenvalue weighted by Crippen LogP contribution is -2.50. The first-order chi connectivity index (χ1) is 9.93. The van der Waals surface area contributed by atoms with E-state index in [2.05, 4.69) is 0 Å². The van der Waals surface area contributed by atoms with Gasteiger partial charge in [-0.05, 0) is 24.8 Å². The summed E-state index contributed by atoms with van der Waals surface area (Å²) in [5.74, 6) is 0.0612. The lowest BCUT2D eigenvalue weighted by molar-refractivity contribution is -0.139. The van der Waals surface area contributed by atoms with Gasteiger partial charge in [0.1, 0.15) is 0 Å². The number of amides is 1. The van der Waals surface area contributed by atoms with Crippen LogP contribution in [-0.2, 0) is 20.2 Å². The van der Waals surface area contributed by atoms with Crippen molar-refractivity contribution in [1.29, 1.82) is 0 Å². The summed E-state index contributed by atoms with van der Waals surface area (Å²) in [6.45, 7) is 0.709. The minimum absolute atomic E-state index is 0.0612. The molecule has 0 radical (unpaired) electrons. The minimum Gasteiger partial charge on any atom is -0.341 e. The van der Waals surface area contributed by atoms with Crippen molar-refractivity contribution in [3.63, 3.8) is 0 Å². The smallest absolute Gasteiger partial charge is 0.233 e. The lowest BCUT2D eigenvalue weighted by Gasteiger charge is -2.43. The molecule has 1 saturated heterocycles. The van der Waals surface area contributed by atoms with Crippen LogP contribution < -0.4 is 5.14 Å². The van der Waals surface area contributed by atoms with E-state index in [1.807, 2.05) is 30.3 Å². The fourth-order valence-corrected chi connectivity index (χ4v) is 4.22. The highest BCUT2D eigenvalue weighted by Crippen LogP contribution is 2.45. The van der Waals surface area contributed by atoms with Crippen LogP contribution in [0.5, 0.6) is 0 Å². The quantitative estimate of drug-likeness (QED) is 0.904. The third kappa shape index (κ3) is 2.46. The number of nitrogens with two attached hydrogens (primary N) is 1. The number of rotatable bonds is 3. The average molecular weight is 308 g/mol. The van der Waals surface area contributed by atoms with Crippen LogP contribution in [0.4, 0.5) is 0 Å². The van der Waals surface area contributed by atoms with Crippen LogP contribution >= 0.6 is 0 Å². The van der Waals surface area contributed by atoms with Gasteiger partial charge in [0.05, 0.1) is 10.7 Å². The van der Waals surface area contributed by atoms with Crippen LogP contribution in [0.1, 0.15) is 31.2 Å². The second-order valence-electron chi connectivity index (χ2n) is 6.05. The normalized spacial score (nSPS) is 24.6. The van der Waals surface area contributed by atoms with Gasteiger partial charge in [0.25, 0.3) is 0 Å². The topological polar surface area (TPSA) is 80.5 Å². The predicted molar refractivity (Wildman–Crippen MR) is 80.1 cm³/mol. The van der Waals surface area contributed by atoms with Crippen LogP contribution in [0.25, 0.3) is 0 Å². The van der Waals surface area contributed by atoms with Gasteiger partial charge in [0, 0.05) is 13.1 Å². The Bertz CT molecular complexity index is 638. The van der Waals surface area contributed by atoms with Crippen molar-refractivity contribution < 1.29 is 13.2 Å². The van der Waals surface area contributed by atoms with E-state index in [9.17, 15) is 13.2 Å². The summed E-state index contributed by atoms with van der Waals surface area (Å²) >= 11 is 0. The highest BCUT2D eigenvalue weighted by molar-refractivity contribution is 7.89. The van der Waals surface area contributed by atoms with E-state index in [-0.39, 0.29) is 12.5 Å². The van der Waals surface area contributed by atoms with Gasteiger partial charge in [0.2, 0.25) is 15.9 Å². The van der Waals surface area contributed by atoms with Gasteiger partial charge >= 0.3 is 0 Å². The second-order valence-corrected chi connectivity index (χ2v) is 7.90. The van der Waals surface area contributed by atoms with Crippen molar-refractivity contribution in [2.45, 2.75) is 36.3 Å². The fraction of sp³-hybridized carbons (Fsp3) is 0.533. The minimum atomic E-state index is -3.56. The summed E-state index contributed by atoms with van der Waals surface area (Å²) in [5, 5.41) is 4.59. The molecule has 0 bridgehead atoms. The van der Waals surface area contributed by atoms with Gasteiger partial charge in [-0.15, -0.1) is 0 Å². The summed E-state index contributed by atoms with van der Waals surface area (Å²) in [6, 6.07) is 9.81. The van der Waals surface area contributed by atoms with E-state index in [1.54, 1.807) is 4.90 Å². The Morgan fingerprint density at radius 2 is 1.90 bits per heavy atom. The lowest BCUT2D eigenvalue weighted by atomic mass is 9.63. The molecule has 114 valence electrons. The summed E-state index contributed by atoms with van der Waals surface area (Å²) < 4.78 is 22.9. The third-order valence-electron chi connectivity index (χ3n) is 4.84. The van der Waals surface area contributed by atoms with Gasteiger partial charge in [0.15, 0.2) is 0 Å². The first-order valence-corrected chi connectivity index (χ1v) is 8.91. The van der Waals surface area contributed by atoms with Crippen LogP contribution in [0.15, 0.2) is 30.3 Å². The molecule has 6 heteroatoms. The van der Waals surface area contributed by atoms with E-state index in [1.165, 1.54) is 0 Å². The van der Waals surface area contributed by atoms with Gasteiger partial charge in [-0.3, -0.25) is 4.79 Å². The summed E-state index contributed by atoms with van der Waals surface area (Å²) in [4.78, 5) is 14.6. The monoisotopic (exact) mass is 308 g/mol. The molecule has 2 aliphatic rings. The number of likely N-dealkylation sites (tertiary alicyclic amines) is 1. The first-order valence-electron chi connectivity index (χ1n) is 7.30. The molecule has 3 rings (SSSR count). The summed E-state index contributed by atoms with van der Waals surface area (Å²) in [5.41, 5.74) is 0.592. The largest absolute Gasteiger partial charge is 0.341 e. The molecule has 5 nitrogen and oxygen atoms in total. The Hall–Kier alpha value is -1.40. The Morgan fingerprint density at radius 3 is 2.38 bits per heavy atom. The fourth-order valence-electron chi connectivity index (χ4n) is 3.40. The molecule has 1 saturated carbocycles. The van der Waals surface area contributed by atoms with Gasteiger partial charge in [-0.1, -0.05) is 36.8 Å². The average Bonchev–Trinajstić information content (AvgIpc) is 2.88. The predicted octanol–water partition coefficient (Wildman–Crippen LogP) is 0.998. The van der Waals surface area contributed by atoms with Crippen molar-refractivity contribution in [2.24, 2.45) is 5.14 Å². The molecule has 1 unspecified atom stereocenters. The van der Waals surface area contributed by atoms with Crippen molar-refractivity contribution in [1.82, 2.24) is 4.90 Å². The third-order valence-corrected chi connectivity index (χ3v) is 6.15. The molecule has 1 amide bonds. The molecule has 2 N–H and O–H groups in total. The summed E-state index contributed by atoms with van der Waals surface area (Å²) in [6.07, 6.45) is 3.15. The highest BCUT2D eigenvalue weighted by atomic mass is 32.2. The molecule has 1 atom stereocenters. The van der Waals surface area contributed by atoms with Gasteiger partial charge in [-0.25, -0.2) is 13.6 Å². The van der Waals surface area contributed by atoms with Gasteiger partial charge in [-0.2, -0.15) is 0 Å². The van der Waals surface area contributed by atoms with Crippen molar-refractivity contribution in [3.8, 4) is 0 Å². The number of hydrogen-bond acceptors (Lipinski definition) is 3. The maximum Gasteiger partial charge on any atom is 0.233 e. The molecule has 1 aliphatic carbocycles. The van der Waals surface area contributed by atoms with E-state index in [0.717, 1.165) is 24.8 Å². The Labute approximate surface area is 125 Å². The number of primary sulfonamides is 1. The molecule has 1 aromatic rings. The molecule has 0 spiro atoms. The second kappa shape index (κ2) is 5.10. The maximum atomic E-state index is 12.9. The van der Waals surface area contributed by atoms with E-state index < -0.39 is 20.7 Å². The summed E-state index contributed by atoms with van der Waals surface area (Å²) in [7, 11) is -3.56. The van der Waals surface area contributed by atoms with Crippen molar-refractivity contribution in [3.05, 3.63) is 35.9 Å². The van der Waals surface area contributed by atoms with Crippen LogP contribution in [-0.4, -0.2) is 37.6 Å². The Morgan fingerprint density at radius 1 is 1.24 bits per heavy atom. The van der Waals surface area contributed by atoms with Crippen molar-refractivity contribution in [2.75, 3.05) is 13.1 Å². The Kier molecular flexibility index (Phi) is 3.53. The van der Waals surface area contributed by atoms with E-state index in [0.29, 0.717) is 13.0 Å². The molecular formula is C15H20N2O3S. The number of hydrogen-bond donors (Lipinski definition) is 1. The molecule has 1 aliphatic heterocycles. The molecule has 1 heterocycles. The number of carbonyl (C=O) groups excluding carboxylic acids is 1. The van der Waals surface area contributed by atoms with E-state index in [4.69, 9.17) is 5.14 Å². The SMILES string of the molecule is NS(=O)(=O)C1CCN(C(=O)C2(c3ccccc3)CCC2)C1. The molecule has 2 fully saturated rings. The Balaban J connectivity index is 1.82. The number of carbonyl (C=O) groups is 1. The highest BCUT2D eigenvalue weighted by Gasteiger charge is 2.49. The first kappa shape index (κ1) is 14.5. The van der Waals surface area contributed by atoms with Crippen LogP contribution in [0.2, 0.25) is 0 Å². The molecular weight excluding hydrogens is 288 g/mol. The number of nitrogens with zero attached hydrogens (tertiary/aromatic N) is 1. The maximum absolute atomic E-state index is 12.9.